The second-order valence-electron chi connectivity index (χ2n) is 9.52. The summed E-state index contributed by atoms with van der Waals surface area (Å²) >= 11 is 0. The van der Waals surface area contributed by atoms with Crippen molar-refractivity contribution in [1.29, 1.82) is 0 Å². The summed E-state index contributed by atoms with van der Waals surface area (Å²) < 4.78 is 17.8. The third-order valence-electron chi connectivity index (χ3n) is 6.88. The Bertz CT molecular complexity index is 879. The van der Waals surface area contributed by atoms with Gasteiger partial charge in [0.1, 0.15) is 36.3 Å². The molecule has 0 radical (unpaired) electrons. The molecule has 9 heteroatoms. The van der Waals surface area contributed by atoms with E-state index in [0.29, 0.717) is 31.4 Å². The van der Waals surface area contributed by atoms with E-state index in [4.69, 9.17) is 14.2 Å². The first-order valence-electron chi connectivity index (χ1n) is 12.5. The molecule has 3 aliphatic heterocycles. The Morgan fingerprint density at radius 3 is 2.44 bits per heavy atom. The number of aliphatic hydroxyl groups is 6. The van der Waals surface area contributed by atoms with Gasteiger partial charge in [0.15, 0.2) is 5.60 Å². The van der Waals surface area contributed by atoms with E-state index in [0.717, 1.165) is 5.56 Å². The summed E-state index contributed by atoms with van der Waals surface area (Å²) in [5.41, 5.74) is -1.08. The van der Waals surface area contributed by atoms with E-state index in [1.807, 2.05) is 12.1 Å². The fraction of sp³-hybridized carbons (Fsp3) is 0.630. The van der Waals surface area contributed by atoms with Crippen molar-refractivity contribution in [2.45, 2.75) is 87.4 Å². The number of aliphatic hydroxyl groups excluding tert-OH is 5. The lowest BCUT2D eigenvalue weighted by molar-refractivity contribution is -0.333. The van der Waals surface area contributed by atoms with Gasteiger partial charge in [0, 0.05) is 19.6 Å². The average Bonchev–Trinajstić information content (AvgIpc) is 2.87. The Morgan fingerprint density at radius 2 is 1.78 bits per heavy atom. The zero-order valence-electron chi connectivity index (χ0n) is 20.4. The van der Waals surface area contributed by atoms with Crippen LogP contribution in [-0.4, -0.2) is 86.3 Å². The van der Waals surface area contributed by atoms with E-state index >= 15 is 0 Å². The minimum absolute atomic E-state index is 0.0549. The third kappa shape index (κ3) is 6.78. The highest BCUT2D eigenvalue weighted by atomic mass is 16.7. The van der Waals surface area contributed by atoms with Crippen LogP contribution < -0.4 is 4.74 Å². The topological polar surface area (TPSA) is 149 Å². The molecule has 200 valence electrons. The monoisotopic (exact) mass is 506 g/mol. The van der Waals surface area contributed by atoms with Crippen LogP contribution in [0.15, 0.2) is 36.9 Å². The van der Waals surface area contributed by atoms with Crippen LogP contribution in [0.2, 0.25) is 0 Å². The number of allylic oxidation sites excluding steroid dienone is 1. The van der Waals surface area contributed by atoms with Crippen molar-refractivity contribution >= 4 is 0 Å². The summed E-state index contributed by atoms with van der Waals surface area (Å²) in [6.45, 7) is 3.50. The van der Waals surface area contributed by atoms with Gasteiger partial charge >= 0.3 is 0 Å². The molecule has 0 unspecified atom stereocenters. The van der Waals surface area contributed by atoms with E-state index in [-0.39, 0.29) is 32.5 Å². The van der Waals surface area contributed by atoms with Gasteiger partial charge in [-0.3, -0.25) is 0 Å². The number of hydrogen-bond acceptors (Lipinski definition) is 9. The Morgan fingerprint density at radius 1 is 1.08 bits per heavy atom. The fourth-order valence-electron chi connectivity index (χ4n) is 4.82. The number of fused-ring (bicyclic) bond motifs is 8. The highest BCUT2D eigenvalue weighted by Gasteiger charge is 2.59. The van der Waals surface area contributed by atoms with Gasteiger partial charge in [-0.1, -0.05) is 24.1 Å². The molecule has 4 rings (SSSR count). The van der Waals surface area contributed by atoms with Gasteiger partial charge in [-0.2, -0.15) is 0 Å². The molecule has 1 aromatic carbocycles. The number of benzene rings is 1. The number of hydrogen-bond donors (Lipinski definition) is 6. The highest BCUT2D eigenvalue weighted by Crippen LogP contribution is 2.40. The minimum atomic E-state index is -2.09. The van der Waals surface area contributed by atoms with E-state index in [9.17, 15) is 30.6 Å². The van der Waals surface area contributed by atoms with E-state index in [1.165, 1.54) is 0 Å². The molecule has 2 bridgehead atoms. The summed E-state index contributed by atoms with van der Waals surface area (Å²) in [6, 6.07) is 7.11. The first-order chi connectivity index (χ1) is 17.3. The summed E-state index contributed by atoms with van der Waals surface area (Å²) in [4.78, 5) is 0. The molecule has 1 fully saturated rings. The van der Waals surface area contributed by atoms with Crippen LogP contribution in [0.25, 0.3) is 0 Å². The van der Waals surface area contributed by atoms with Gasteiger partial charge < -0.3 is 44.8 Å². The van der Waals surface area contributed by atoms with Crippen molar-refractivity contribution in [3.05, 3.63) is 42.5 Å². The molecule has 3 heterocycles. The first kappa shape index (κ1) is 28.4. The lowest BCUT2D eigenvalue weighted by Gasteiger charge is -2.50. The van der Waals surface area contributed by atoms with Crippen molar-refractivity contribution in [3.8, 4) is 17.8 Å². The van der Waals surface area contributed by atoms with Gasteiger partial charge in [0.25, 0.3) is 0 Å². The molecule has 6 N–H and O–H groups in total. The normalized spacial score (nSPS) is 34.4. The largest absolute Gasteiger partial charge is 0.462 e. The summed E-state index contributed by atoms with van der Waals surface area (Å²) in [5.74, 6) is 2.56. The van der Waals surface area contributed by atoms with Crippen LogP contribution in [-0.2, 0) is 15.9 Å². The molecule has 0 aromatic heterocycles. The maximum Gasteiger partial charge on any atom is 0.232 e. The molecule has 3 aliphatic rings. The fourth-order valence-corrected chi connectivity index (χ4v) is 4.82. The lowest BCUT2D eigenvalue weighted by atomic mass is 9.75. The first-order valence-corrected chi connectivity index (χ1v) is 12.5. The van der Waals surface area contributed by atoms with E-state index in [2.05, 4.69) is 18.6 Å². The molecule has 1 aromatic rings. The van der Waals surface area contributed by atoms with Crippen LogP contribution in [0.4, 0.5) is 0 Å². The molecule has 36 heavy (non-hydrogen) atoms. The zero-order valence-corrected chi connectivity index (χ0v) is 20.4. The Hall–Kier alpha value is -2.16. The third-order valence-corrected chi connectivity index (χ3v) is 6.88. The van der Waals surface area contributed by atoms with Gasteiger partial charge in [0.05, 0.1) is 6.10 Å². The highest BCUT2D eigenvalue weighted by molar-refractivity contribution is 5.29. The van der Waals surface area contributed by atoms with Crippen LogP contribution in [0.5, 0.6) is 5.75 Å². The summed E-state index contributed by atoms with van der Waals surface area (Å²) in [5, 5.41) is 63.5. The van der Waals surface area contributed by atoms with Crippen molar-refractivity contribution in [1.82, 2.24) is 0 Å². The van der Waals surface area contributed by atoms with Crippen LogP contribution in [0.3, 0.4) is 0 Å². The maximum absolute atomic E-state index is 11.8. The molecular formula is C27H38O9. The minimum Gasteiger partial charge on any atom is -0.462 e. The van der Waals surface area contributed by atoms with Crippen molar-refractivity contribution in [2.24, 2.45) is 5.92 Å². The Balaban J connectivity index is 1.99. The quantitative estimate of drug-likeness (QED) is 0.198. The maximum atomic E-state index is 11.8. The SMILES string of the molecule is C=CCc1ccc(O[C@H]2O[C@H]3[C@@H](O)[C@H](O)[C@]2(O)C[C@H](CCCO)[C@@H](O)CC#CO[C@H]3CCCO)cc1. The van der Waals surface area contributed by atoms with E-state index < -0.39 is 48.3 Å². The van der Waals surface area contributed by atoms with Crippen molar-refractivity contribution in [2.75, 3.05) is 13.2 Å². The van der Waals surface area contributed by atoms with Crippen molar-refractivity contribution < 1.29 is 44.8 Å². The molecule has 9 nitrogen and oxygen atoms in total. The van der Waals surface area contributed by atoms with Crippen LogP contribution in [0.1, 0.15) is 44.1 Å². The Labute approximate surface area is 211 Å². The molecular weight excluding hydrogens is 468 g/mol. The number of rotatable bonds is 10. The predicted molar refractivity (Wildman–Crippen MR) is 131 cm³/mol. The number of ether oxygens (including phenoxy) is 3. The van der Waals surface area contributed by atoms with Crippen LogP contribution >= 0.6 is 0 Å². The zero-order chi connectivity index (χ0) is 26.1. The smallest absolute Gasteiger partial charge is 0.232 e. The van der Waals surface area contributed by atoms with Gasteiger partial charge in [-0.25, -0.2) is 0 Å². The molecule has 0 spiro atoms. The second-order valence-corrected chi connectivity index (χ2v) is 9.52. The molecule has 1 saturated heterocycles. The standard InChI is InChI=1S/C27H38O9/c1-2-6-18-10-12-20(13-11-18)35-26-27(33)17-19(7-3-14-28)21(30)8-5-16-34-22(9-4-15-29)24(36-26)23(31)25(27)32/h2,10-13,19,21-26,28-33H,1,3-4,6-9,14-15,17H2/t19-,21-,22-,23+,24+,25-,26-,27+/m0/s1. The lowest BCUT2D eigenvalue weighted by Crippen LogP contribution is -2.70. The molecule has 0 amide bonds. The molecule has 0 saturated carbocycles. The average molecular weight is 507 g/mol. The Kier molecular flexibility index (Phi) is 10.6. The summed E-state index contributed by atoms with van der Waals surface area (Å²) in [6.07, 6.45) is -1.39. The molecule has 0 aliphatic carbocycles. The second kappa shape index (κ2) is 13.4. The van der Waals surface area contributed by atoms with Gasteiger partial charge in [0.2, 0.25) is 6.29 Å². The molecule has 8 atom stereocenters. The van der Waals surface area contributed by atoms with Crippen molar-refractivity contribution in [3.63, 3.8) is 0 Å². The van der Waals surface area contributed by atoms with Gasteiger partial charge in [-0.15, -0.1) is 6.58 Å². The van der Waals surface area contributed by atoms with Crippen LogP contribution in [0, 0.1) is 17.9 Å². The predicted octanol–water partition coefficient (Wildman–Crippen LogP) is 0.634. The van der Waals surface area contributed by atoms with E-state index in [1.54, 1.807) is 18.2 Å². The summed E-state index contributed by atoms with van der Waals surface area (Å²) in [7, 11) is 0. The van der Waals surface area contributed by atoms with Gasteiger partial charge in [-0.05, 0) is 62.1 Å².